The lowest BCUT2D eigenvalue weighted by Gasteiger charge is -2.15. The number of carbonyl (C=O) groups is 1. The largest absolute Gasteiger partial charge is 0.508 e. The van der Waals surface area contributed by atoms with Crippen LogP contribution in [-0.2, 0) is 0 Å². The van der Waals surface area contributed by atoms with Gasteiger partial charge in [-0.2, -0.15) is 0 Å². The Morgan fingerprint density at radius 3 is 1.70 bits per heavy atom. The highest BCUT2D eigenvalue weighted by molar-refractivity contribution is 6.67. The summed E-state index contributed by atoms with van der Waals surface area (Å²) >= 11 is 5.17. The number of rotatable bonds is 5. The average molecular weight is 788 g/mol. The van der Waals surface area contributed by atoms with Crippen LogP contribution in [0.15, 0.2) is 138 Å². The van der Waals surface area contributed by atoms with E-state index in [1.54, 1.807) is 36.4 Å². The van der Waals surface area contributed by atoms with E-state index in [9.17, 15) is 14.8 Å². The van der Waals surface area contributed by atoms with Gasteiger partial charge in [0, 0.05) is 54.0 Å². The maximum atomic E-state index is 10.6. The molecule has 1 aliphatic heterocycles. The van der Waals surface area contributed by atoms with Crippen LogP contribution in [0.2, 0.25) is 0 Å². The van der Waals surface area contributed by atoms with Crippen molar-refractivity contribution in [2.75, 3.05) is 33.1 Å². The van der Waals surface area contributed by atoms with Gasteiger partial charge in [-0.3, -0.25) is 4.79 Å². The summed E-state index contributed by atoms with van der Waals surface area (Å²) in [7, 11) is 4.91. The molecule has 0 amide bonds. The number of benzene rings is 6. The number of carbonyl (C=O) groups excluding carboxylic acids is 1. The molecule has 1 heterocycles. The molecule has 292 valence electrons. The lowest BCUT2D eigenvalue weighted by Crippen LogP contribution is -2.29. The van der Waals surface area contributed by atoms with Crippen LogP contribution in [0, 0.1) is 13.8 Å². The molecule has 0 radical (unpaired) electrons. The van der Waals surface area contributed by atoms with E-state index in [0.29, 0.717) is 28.0 Å². The van der Waals surface area contributed by atoms with Gasteiger partial charge in [-0.05, 0) is 89.5 Å². The van der Waals surface area contributed by atoms with Gasteiger partial charge in [-0.25, -0.2) is 4.58 Å². The summed E-state index contributed by atoms with van der Waals surface area (Å²) in [4.78, 5) is 12.5. The van der Waals surface area contributed by atoms with Crippen LogP contribution in [0.5, 0.6) is 11.5 Å². The first-order chi connectivity index (χ1) is 27.0. The Morgan fingerprint density at radius 2 is 1.23 bits per heavy atom. The van der Waals surface area contributed by atoms with E-state index in [1.165, 1.54) is 24.3 Å². The number of hydrogen-bond acceptors (Lipinski definition) is 9. The zero-order chi connectivity index (χ0) is 41.8. The lowest BCUT2D eigenvalue weighted by atomic mass is 9.79. The first kappa shape index (κ1) is 43.8. The Balaban J connectivity index is 0.000000197. The van der Waals surface area contributed by atoms with Gasteiger partial charge in [-0.15, -0.1) is 0 Å². The number of fused-ring (bicyclic) bond motifs is 2. The van der Waals surface area contributed by atoms with Crippen molar-refractivity contribution in [3.63, 3.8) is 0 Å². The van der Waals surface area contributed by atoms with E-state index in [0.717, 1.165) is 55.6 Å². The molecule has 10 nitrogen and oxygen atoms in total. The van der Waals surface area contributed by atoms with E-state index >= 15 is 0 Å². The van der Waals surface area contributed by atoms with Gasteiger partial charge in [0.15, 0.2) is 0 Å². The minimum absolute atomic E-state index is 0.311. The first-order valence-electron chi connectivity index (χ1n) is 17.9. The second kappa shape index (κ2) is 20.3. The van der Waals surface area contributed by atoms with Crippen molar-refractivity contribution in [3.05, 3.63) is 156 Å². The van der Waals surface area contributed by atoms with Crippen molar-refractivity contribution in [2.45, 2.75) is 13.8 Å². The summed E-state index contributed by atoms with van der Waals surface area (Å²) in [5.41, 5.74) is 8.32. The molecule has 13 heteroatoms. The molecule has 2 aliphatic rings. The number of aromatic hydroxyl groups is 2. The summed E-state index contributed by atoms with van der Waals surface area (Å²) in [6.07, 6.45) is 0. The highest BCUT2D eigenvalue weighted by Gasteiger charge is 2.19. The molecule has 0 bridgehead atoms. The predicted molar refractivity (Wildman–Crippen MR) is 232 cm³/mol. The molecule has 0 saturated heterocycles. The third-order valence-corrected chi connectivity index (χ3v) is 8.88. The molecule has 0 unspecified atom stereocenters. The van der Waals surface area contributed by atoms with Gasteiger partial charge >= 0.3 is 14.2 Å². The zero-order valence-corrected chi connectivity index (χ0v) is 33.4. The van der Waals surface area contributed by atoms with Gasteiger partial charge in [-0.1, -0.05) is 78.9 Å². The number of phenols is 2. The van der Waals surface area contributed by atoms with Crippen molar-refractivity contribution in [3.8, 4) is 33.9 Å². The minimum Gasteiger partial charge on any atom is -0.508 e. The van der Waals surface area contributed by atoms with Crippen LogP contribution in [0.1, 0.15) is 21.5 Å². The van der Waals surface area contributed by atoms with E-state index in [4.69, 9.17) is 36.3 Å². The Morgan fingerprint density at radius 1 is 0.667 bits per heavy atom. The molecule has 0 spiro atoms. The van der Waals surface area contributed by atoms with Crippen LogP contribution in [0.25, 0.3) is 33.4 Å². The monoisotopic (exact) mass is 787 g/mol. The Bertz CT molecular complexity index is 2430. The highest BCUT2D eigenvalue weighted by Crippen LogP contribution is 2.39. The maximum absolute atomic E-state index is 10.6. The SMILES string of the molecule is CN(C)c1cccc(O)c1.Cc1ccc2c(-c3ccc(B(O)O)cc3)c3ccc(=[N+](C)C)cc-3oc2c1.Cc1cccc(O)c1.O=C(Cl)c1ccc(B(O)O)cc1. The number of halogens is 1. The number of anilines is 1. The third-order valence-electron chi connectivity index (χ3n) is 8.66. The van der Waals surface area contributed by atoms with Gasteiger partial charge < -0.3 is 39.6 Å². The topological polar surface area (TPSA) is 158 Å². The summed E-state index contributed by atoms with van der Waals surface area (Å²) in [6, 6.07) is 39.8. The van der Waals surface area contributed by atoms with E-state index < -0.39 is 19.5 Å². The van der Waals surface area contributed by atoms with Crippen LogP contribution >= 0.6 is 11.6 Å². The number of aryl methyl sites for hydroxylation is 2. The Kier molecular flexibility index (Phi) is 15.6. The third kappa shape index (κ3) is 12.6. The van der Waals surface area contributed by atoms with Crippen molar-refractivity contribution >= 4 is 58.7 Å². The predicted octanol–water partition coefficient (Wildman–Crippen LogP) is 5.13. The molecule has 1 aliphatic carbocycles. The van der Waals surface area contributed by atoms with E-state index in [2.05, 4.69) is 24.3 Å². The molecule has 7 rings (SSSR count). The molecule has 0 fully saturated rings. The fourth-order valence-electron chi connectivity index (χ4n) is 5.58. The van der Waals surface area contributed by atoms with E-state index in [-0.39, 0.29) is 0 Å². The highest BCUT2D eigenvalue weighted by atomic mass is 35.5. The van der Waals surface area contributed by atoms with Crippen LogP contribution in [0.4, 0.5) is 5.69 Å². The molecule has 5 aromatic rings. The number of hydrogen-bond donors (Lipinski definition) is 6. The molecule has 0 aromatic heterocycles. The minimum atomic E-state index is -1.51. The standard InChI is InChI=1S/C22H21BNO3.C8H11NO.C7H6BClO3.C7H8O/c1-14-4-10-18-20(12-14)27-21-13-17(24(2)3)9-11-19(21)22(18)15-5-7-16(8-6-15)23(25)26;1-9(2)7-4-3-5-8(10)6-7;9-7(10)5-1-3-6(4-2-5)8(11)12;1-6-3-2-4-7(8)5-6/h4-13,25-26H,1-3H3;3-6,10H,1-2H3;1-4,11-12H;2-5,8H,1H3/q+1;;;. The van der Waals surface area contributed by atoms with Crippen molar-refractivity contribution in [1.29, 1.82) is 0 Å². The number of phenolic OH excluding ortho intramolecular Hbond substituents is 2. The summed E-state index contributed by atoms with van der Waals surface area (Å²) < 4.78 is 8.28. The molecule has 6 N–H and O–H groups in total. The average Bonchev–Trinajstić information content (AvgIpc) is 3.17. The van der Waals surface area contributed by atoms with E-state index in [1.807, 2.05) is 100 Å². The van der Waals surface area contributed by atoms with Crippen molar-refractivity contribution in [1.82, 2.24) is 4.58 Å². The Hall–Kier alpha value is -5.88. The second-order valence-electron chi connectivity index (χ2n) is 13.6. The fourth-order valence-corrected chi connectivity index (χ4v) is 5.71. The molecule has 0 saturated carbocycles. The van der Waals surface area contributed by atoms with Crippen LogP contribution in [-0.4, -0.2) is 78.0 Å². The van der Waals surface area contributed by atoms with Crippen LogP contribution < -0.4 is 25.8 Å². The summed E-state index contributed by atoms with van der Waals surface area (Å²) in [5, 5.41) is 55.5. The zero-order valence-electron chi connectivity index (χ0n) is 32.6. The smallest absolute Gasteiger partial charge is 0.488 e. The van der Waals surface area contributed by atoms with Gasteiger partial charge in [0.25, 0.3) is 5.24 Å². The van der Waals surface area contributed by atoms with Crippen molar-refractivity contribution < 1.29 is 39.5 Å². The molecule has 0 atom stereocenters. The first-order valence-corrected chi connectivity index (χ1v) is 18.2. The van der Waals surface area contributed by atoms with Gasteiger partial charge in [0.1, 0.15) is 36.9 Å². The quantitative estimate of drug-likeness (QED) is 0.0603. The van der Waals surface area contributed by atoms with Crippen molar-refractivity contribution in [2.24, 2.45) is 0 Å². The fraction of sp³-hybridized carbons (Fsp3) is 0.136. The normalized spacial score (nSPS) is 10.2. The van der Waals surface area contributed by atoms with Gasteiger partial charge in [0.05, 0.1) is 6.07 Å². The maximum Gasteiger partial charge on any atom is 0.488 e. The number of nitrogens with zero attached hydrogens (tertiary/aromatic N) is 2. The second-order valence-corrected chi connectivity index (χ2v) is 13.9. The molecular weight excluding hydrogens is 742 g/mol. The van der Waals surface area contributed by atoms with Crippen LogP contribution in [0.3, 0.4) is 0 Å². The van der Waals surface area contributed by atoms with Gasteiger partial charge in [0.2, 0.25) is 5.36 Å². The summed E-state index contributed by atoms with van der Waals surface area (Å²) in [6.45, 7) is 3.99. The summed E-state index contributed by atoms with van der Waals surface area (Å²) in [5.74, 6) is 1.47. The molecule has 57 heavy (non-hydrogen) atoms. The molecule has 5 aromatic carbocycles. The Labute approximate surface area is 338 Å². The molecular formula is C44H46B2ClN2O8+. The lowest BCUT2D eigenvalue weighted by molar-refractivity contribution is 0.108.